The van der Waals surface area contributed by atoms with Crippen LogP contribution in [0.4, 0.5) is 4.39 Å². The molecule has 1 unspecified atom stereocenters. The quantitative estimate of drug-likeness (QED) is 0.141. The molecule has 2 aliphatic rings. The predicted octanol–water partition coefficient (Wildman–Crippen LogP) is -1.81. The van der Waals surface area contributed by atoms with Crippen molar-refractivity contribution in [3.8, 4) is 5.75 Å². The van der Waals surface area contributed by atoms with Gasteiger partial charge in [0, 0.05) is 43.4 Å². The molecule has 0 radical (unpaired) electrons. The highest BCUT2D eigenvalue weighted by Crippen LogP contribution is 2.39. The Morgan fingerprint density at radius 3 is 2.48 bits per heavy atom. The summed E-state index contributed by atoms with van der Waals surface area (Å²) in [4.78, 5) is 39.2. The number of carbonyl (C=O) groups excluding carboxylic acids is 3. The predicted molar refractivity (Wildman–Crippen MR) is 133 cm³/mol. The molecule has 2 aromatic rings. The average molecular weight is 564 g/mol. The summed E-state index contributed by atoms with van der Waals surface area (Å²) in [5, 5.41) is 53.6. The van der Waals surface area contributed by atoms with Crippen LogP contribution in [0, 0.1) is 5.82 Å². The van der Waals surface area contributed by atoms with Crippen molar-refractivity contribution in [3.05, 3.63) is 64.5 Å². The second kappa shape index (κ2) is 11.2. The summed E-state index contributed by atoms with van der Waals surface area (Å²) in [5.74, 6) is -11.7. The summed E-state index contributed by atoms with van der Waals surface area (Å²) in [7, 11) is 0.931. The SMILES string of the molecule is CNC(=O)C(O)(O)C(O)(O)C(O)(C=O)N1Cc2c(OCc3ccc(CN4CCOCC4)cc3F)cccc2C1=O. The van der Waals surface area contributed by atoms with Crippen molar-refractivity contribution >= 4 is 18.1 Å². The number of aliphatic hydroxyl groups is 5. The van der Waals surface area contributed by atoms with Gasteiger partial charge in [-0.2, -0.15) is 0 Å². The van der Waals surface area contributed by atoms with Crippen molar-refractivity contribution in [2.45, 2.75) is 37.0 Å². The van der Waals surface area contributed by atoms with E-state index in [0.717, 1.165) is 25.7 Å². The van der Waals surface area contributed by atoms with Crippen LogP contribution in [-0.2, 0) is 34.0 Å². The number of benzene rings is 2. The van der Waals surface area contributed by atoms with Crippen molar-refractivity contribution in [2.24, 2.45) is 0 Å². The van der Waals surface area contributed by atoms with Gasteiger partial charge >= 0.3 is 5.79 Å². The first-order valence-electron chi connectivity index (χ1n) is 12.3. The van der Waals surface area contributed by atoms with Crippen LogP contribution >= 0.6 is 0 Å². The van der Waals surface area contributed by atoms with E-state index in [4.69, 9.17) is 9.47 Å². The molecule has 216 valence electrons. The number of fused-ring (bicyclic) bond motifs is 1. The molecule has 0 aliphatic carbocycles. The number of hydrogen-bond donors (Lipinski definition) is 6. The van der Waals surface area contributed by atoms with E-state index in [1.165, 1.54) is 24.3 Å². The zero-order valence-corrected chi connectivity index (χ0v) is 21.5. The highest BCUT2D eigenvalue weighted by atomic mass is 19.1. The van der Waals surface area contributed by atoms with Gasteiger partial charge in [0.05, 0.1) is 19.8 Å². The van der Waals surface area contributed by atoms with Crippen LogP contribution in [0.15, 0.2) is 36.4 Å². The van der Waals surface area contributed by atoms with Gasteiger partial charge in [-0.25, -0.2) is 4.39 Å². The molecule has 2 aromatic carbocycles. The Morgan fingerprint density at radius 2 is 1.85 bits per heavy atom. The lowest BCUT2D eigenvalue weighted by Gasteiger charge is -2.45. The molecule has 1 atom stereocenters. The molecule has 14 heteroatoms. The minimum absolute atomic E-state index is 0.0606. The van der Waals surface area contributed by atoms with Gasteiger partial charge in [0.1, 0.15) is 18.2 Å². The second-order valence-electron chi connectivity index (χ2n) is 9.54. The third kappa shape index (κ3) is 5.06. The molecule has 0 bridgehead atoms. The van der Waals surface area contributed by atoms with Crippen LogP contribution in [-0.4, -0.2) is 104 Å². The molecule has 6 N–H and O–H groups in total. The molecule has 2 heterocycles. The molecule has 0 saturated carbocycles. The maximum Gasteiger partial charge on any atom is 0.306 e. The van der Waals surface area contributed by atoms with Crippen LogP contribution in [0.25, 0.3) is 0 Å². The van der Waals surface area contributed by atoms with Crippen molar-refractivity contribution in [2.75, 3.05) is 33.4 Å². The van der Waals surface area contributed by atoms with Gasteiger partial charge in [0.15, 0.2) is 6.29 Å². The largest absolute Gasteiger partial charge is 0.488 e. The van der Waals surface area contributed by atoms with Gasteiger partial charge in [-0.3, -0.25) is 24.2 Å². The number of aldehydes is 1. The third-order valence-electron chi connectivity index (χ3n) is 7.05. The van der Waals surface area contributed by atoms with Crippen LogP contribution in [0.5, 0.6) is 5.75 Å². The van der Waals surface area contributed by atoms with Gasteiger partial charge in [-0.05, 0) is 23.8 Å². The molecule has 4 rings (SSSR count). The van der Waals surface area contributed by atoms with Crippen molar-refractivity contribution in [1.82, 2.24) is 15.1 Å². The van der Waals surface area contributed by atoms with E-state index in [1.807, 2.05) is 0 Å². The number of amides is 2. The normalized spacial score (nSPS) is 17.8. The van der Waals surface area contributed by atoms with Crippen LogP contribution in [0.3, 0.4) is 0 Å². The van der Waals surface area contributed by atoms with Crippen molar-refractivity contribution < 1.29 is 53.8 Å². The summed E-state index contributed by atoms with van der Waals surface area (Å²) in [6.07, 6.45) is -0.505. The molecule has 13 nitrogen and oxygen atoms in total. The first kappa shape index (κ1) is 29.5. The number of nitrogens with zero attached hydrogens (tertiary/aromatic N) is 2. The highest BCUT2D eigenvalue weighted by molar-refractivity contribution is 6.01. The zero-order valence-electron chi connectivity index (χ0n) is 21.5. The Morgan fingerprint density at radius 1 is 1.15 bits per heavy atom. The van der Waals surface area contributed by atoms with Crippen molar-refractivity contribution in [1.29, 1.82) is 0 Å². The average Bonchev–Trinajstić information content (AvgIpc) is 3.29. The lowest BCUT2D eigenvalue weighted by Crippen LogP contribution is -2.77. The zero-order chi connectivity index (χ0) is 29.3. The fourth-order valence-corrected chi connectivity index (χ4v) is 4.62. The fraction of sp³-hybridized carbons (Fsp3) is 0.423. The van der Waals surface area contributed by atoms with Crippen LogP contribution in [0.2, 0.25) is 0 Å². The molecule has 40 heavy (non-hydrogen) atoms. The molecule has 2 amide bonds. The molecular weight excluding hydrogens is 533 g/mol. The Hall–Kier alpha value is -3.50. The first-order chi connectivity index (χ1) is 18.9. The number of hydrogen-bond acceptors (Lipinski definition) is 11. The smallest absolute Gasteiger partial charge is 0.306 e. The Bertz CT molecular complexity index is 1300. The maximum absolute atomic E-state index is 14.9. The Balaban J connectivity index is 1.53. The monoisotopic (exact) mass is 563 g/mol. The van der Waals surface area contributed by atoms with Gasteiger partial charge < -0.3 is 40.3 Å². The van der Waals surface area contributed by atoms with Crippen molar-refractivity contribution in [3.63, 3.8) is 0 Å². The highest BCUT2D eigenvalue weighted by Gasteiger charge is 2.69. The van der Waals surface area contributed by atoms with Crippen LogP contribution in [0.1, 0.15) is 27.0 Å². The second-order valence-corrected chi connectivity index (χ2v) is 9.54. The van der Waals surface area contributed by atoms with E-state index in [9.17, 15) is 44.3 Å². The minimum Gasteiger partial charge on any atom is -0.488 e. The van der Waals surface area contributed by atoms with E-state index < -0.39 is 47.8 Å². The molecule has 2 aliphatic heterocycles. The maximum atomic E-state index is 14.9. The molecule has 0 aromatic heterocycles. The summed E-state index contributed by atoms with van der Waals surface area (Å²) in [6.45, 7) is 2.39. The number of nitrogens with one attached hydrogen (secondary N) is 1. The summed E-state index contributed by atoms with van der Waals surface area (Å²) in [6, 6.07) is 8.91. The molecule has 1 saturated heterocycles. The van der Waals surface area contributed by atoms with Gasteiger partial charge in [-0.15, -0.1) is 0 Å². The number of morpholine rings is 1. The van der Waals surface area contributed by atoms with E-state index >= 15 is 0 Å². The fourth-order valence-electron chi connectivity index (χ4n) is 4.62. The van der Waals surface area contributed by atoms with E-state index in [2.05, 4.69) is 4.90 Å². The first-order valence-corrected chi connectivity index (χ1v) is 12.3. The van der Waals surface area contributed by atoms with E-state index in [-0.39, 0.29) is 33.9 Å². The Kier molecular flexibility index (Phi) is 8.23. The summed E-state index contributed by atoms with van der Waals surface area (Å²) >= 11 is 0. The van der Waals surface area contributed by atoms with Gasteiger partial charge in [0.25, 0.3) is 23.3 Å². The number of ether oxygens (including phenoxy) is 2. The molecule has 1 fully saturated rings. The number of carbonyl (C=O) groups is 3. The molecular formula is C26H30FN3O10. The third-order valence-corrected chi connectivity index (χ3v) is 7.05. The molecule has 0 spiro atoms. The number of rotatable bonds is 10. The van der Waals surface area contributed by atoms with E-state index in [0.29, 0.717) is 19.8 Å². The minimum atomic E-state index is -4.27. The lowest BCUT2D eigenvalue weighted by atomic mass is 9.92. The van der Waals surface area contributed by atoms with E-state index in [1.54, 1.807) is 17.4 Å². The Labute approximate surface area is 228 Å². The summed E-state index contributed by atoms with van der Waals surface area (Å²) in [5.41, 5.74) is -2.73. The standard InChI is InChI=1S/C26H30FN3O10/c1-28-23(33)25(35,36)26(37,38)24(34,15-31)30-13-19-18(22(30)32)3-2-4-21(19)40-14-17-6-5-16(11-20(17)27)12-29-7-9-39-10-8-29/h2-6,11,15,34-38H,7-10,12-14H2,1H3,(H,28,33). The van der Waals surface area contributed by atoms with Crippen LogP contribution < -0.4 is 10.1 Å². The van der Waals surface area contributed by atoms with Gasteiger partial charge in [-0.1, -0.05) is 18.2 Å². The lowest BCUT2D eigenvalue weighted by molar-refractivity contribution is -0.399. The number of halogens is 1. The topological polar surface area (TPSA) is 189 Å². The number of likely N-dealkylation sites (N-methyl/N-ethyl adjacent to an activating group) is 1. The summed E-state index contributed by atoms with van der Waals surface area (Å²) < 4.78 is 25.9. The van der Waals surface area contributed by atoms with Gasteiger partial charge in [0.2, 0.25) is 0 Å².